The van der Waals surface area contributed by atoms with Crippen LogP contribution in [0, 0.1) is 0 Å². The molecule has 0 saturated heterocycles. The SMILES string of the molecule is CC(C)(C)c1ccc2c(c1)c1cc(C(C)(C)C)ccc1n2-c1ccc2c(c1)N(c1ccc3c4ccccc4c4ccccc4c3c1)c1cc(-c3cccc4c3oc3ccccc34)cc3c1B2c1ccc(-n2c4ccc(C(C)(C)C)cc4c4cc(C(C)(C)C)ccc42)cc1N3c1ccc2c3ccccc3c3ccccc3c2c1. The highest BCUT2D eigenvalue weighted by Gasteiger charge is 2.45. The number of hydrogen-bond donors (Lipinski definition) is 0. The van der Waals surface area contributed by atoms with E-state index in [4.69, 9.17) is 4.42 Å². The molecular formula is C106H85BN4O. The van der Waals surface area contributed by atoms with Crippen molar-refractivity contribution >= 4 is 187 Å². The molecule has 22 rings (SSSR count). The van der Waals surface area contributed by atoms with Gasteiger partial charge in [0, 0.05) is 83.4 Å². The lowest BCUT2D eigenvalue weighted by Gasteiger charge is -2.45. The maximum atomic E-state index is 7.20. The third-order valence-electron chi connectivity index (χ3n) is 25.2. The lowest BCUT2D eigenvalue weighted by Crippen LogP contribution is -2.61. The van der Waals surface area contributed by atoms with E-state index in [9.17, 15) is 0 Å². The molecule has 5 heterocycles. The average molecular weight is 1440 g/mol. The van der Waals surface area contributed by atoms with Gasteiger partial charge in [0.05, 0.1) is 22.1 Å². The Balaban J connectivity index is 0.889. The van der Waals surface area contributed by atoms with E-state index < -0.39 is 0 Å². The maximum absolute atomic E-state index is 7.20. The summed E-state index contributed by atoms with van der Waals surface area (Å²) in [6, 6.07) is 115. The van der Waals surface area contributed by atoms with Gasteiger partial charge in [-0.2, -0.15) is 0 Å². The Morgan fingerprint density at radius 2 is 0.562 bits per heavy atom. The molecule has 2 aliphatic heterocycles. The molecule has 5 nitrogen and oxygen atoms in total. The van der Waals surface area contributed by atoms with Gasteiger partial charge in [0.1, 0.15) is 11.2 Å². The van der Waals surface area contributed by atoms with Crippen LogP contribution in [0.3, 0.4) is 0 Å². The van der Waals surface area contributed by atoms with Crippen molar-refractivity contribution in [3.05, 3.63) is 320 Å². The van der Waals surface area contributed by atoms with Gasteiger partial charge in [-0.3, -0.25) is 0 Å². The van der Waals surface area contributed by atoms with Crippen LogP contribution in [0.2, 0.25) is 0 Å². The number of rotatable bonds is 5. The summed E-state index contributed by atoms with van der Waals surface area (Å²) < 4.78 is 12.3. The van der Waals surface area contributed by atoms with Crippen LogP contribution in [0.1, 0.15) is 105 Å². The molecular weight excluding hydrogens is 1360 g/mol. The van der Waals surface area contributed by atoms with E-state index in [1.807, 2.05) is 0 Å². The van der Waals surface area contributed by atoms with Crippen LogP contribution >= 0.6 is 0 Å². The van der Waals surface area contributed by atoms with Crippen molar-refractivity contribution in [3.8, 4) is 22.5 Å². The second kappa shape index (κ2) is 23.5. The monoisotopic (exact) mass is 1440 g/mol. The van der Waals surface area contributed by atoms with Gasteiger partial charge in [-0.15, -0.1) is 0 Å². The van der Waals surface area contributed by atoms with E-state index in [0.29, 0.717) is 0 Å². The number of aromatic nitrogens is 2. The largest absolute Gasteiger partial charge is 0.455 e. The van der Waals surface area contributed by atoms with Gasteiger partial charge in [0.15, 0.2) is 0 Å². The van der Waals surface area contributed by atoms with Crippen molar-refractivity contribution in [1.29, 1.82) is 0 Å². The number of para-hydroxylation sites is 2. The third kappa shape index (κ3) is 9.76. The van der Waals surface area contributed by atoms with Gasteiger partial charge in [0.2, 0.25) is 0 Å². The topological polar surface area (TPSA) is 29.5 Å². The summed E-state index contributed by atoms with van der Waals surface area (Å²) in [6.45, 7) is 27.7. The normalized spacial score (nSPS) is 13.5. The molecule has 538 valence electrons. The van der Waals surface area contributed by atoms with Crippen molar-refractivity contribution in [1.82, 2.24) is 9.13 Å². The summed E-state index contributed by atoms with van der Waals surface area (Å²) in [4.78, 5) is 5.30. The predicted octanol–water partition coefficient (Wildman–Crippen LogP) is 27.6. The van der Waals surface area contributed by atoms with Gasteiger partial charge in [0.25, 0.3) is 6.71 Å². The molecule has 6 heteroatoms. The van der Waals surface area contributed by atoms with Crippen molar-refractivity contribution < 1.29 is 4.42 Å². The number of hydrogen-bond acceptors (Lipinski definition) is 3. The van der Waals surface area contributed by atoms with E-state index in [2.05, 4.69) is 399 Å². The molecule has 0 spiro atoms. The molecule has 17 aromatic carbocycles. The minimum absolute atomic E-state index is 0.0605. The van der Waals surface area contributed by atoms with Crippen molar-refractivity contribution in [2.24, 2.45) is 0 Å². The molecule has 0 saturated carbocycles. The average Bonchev–Trinajstić information content (AvgIpc) is 0.937. The smallest absolute Gasteiger partial charge is 0.252 e. The highest BCUT2D eigenvalue weighted by Crippen LogP contribution is 2.52. The number of anilines is 6. The first-order chi connectivity index (χ1) is 54.1. The molecule has 0 unspecified atom stereocenters. The van der Waals surface area contributed by atoms with Crippen molar-refractivity contribution in [3.63, 3.8) is 0 Å². The first-order valence-corrected chi connectivity index (χ1v) is 39.9. The first-order valence-electron chi connectivity index (χ1n) is 39.9. The van der Waals surface area contributed by atoms with E-state index in [1.165, 1.54) is 147 Å². The molecule has 20 aromatic rings. The van der Waals surface area contributed by atoms with Gasteiger partial charge in [-0.1, -0.05) is 265 Å². The summed E-state index contributed by atoms with van der Waals surface area (Å²) in [5.41, 5.74) is 26.0. The van der Waals surface area contributed by atoms with E-state index in [1.54, 1.807) is 0 Å². The molecule has 3 aromatic heterocycles. The Labute approximate surface area is 653 Å². The maximum Gasteiger partial charge on any atom is 0.252 e. The quantitative estimate of drug-likeness (QED) is 0.127. The number of furan rings is 1. The Bertz CT molecular complexity index is 6920. The van der Waals surface area contributed by atoms with Crippen LogP contribution in [0.5, 0.6) is 0 Å². The Hall–Kier alpha value is -12.6. The van der Waals surface area contributed by atoms with Crippen LogP contribution in [0.25, 0.3) is 153 Å². The summed E-state index contributed by atoms with van der Waals surface area (Å²) in [6.07, 6.45) is 0. The van der Waals surface area contributed by atoms with Crippen molar-refractivity contribution in [2.45, 2.75) is 105 Å². The van der Waals surface area contributed by atoms with Crippen LogP contribution < -0.4 is 26.2 Å². The van der Waals surface area contributed by atoms with Gasteiger partial charge < -0.3 is 23.4 Å². The second-order valence-electron chi connectivity index (χ2n) is 36.0. The predicted molar refractivity (Wildman–Crippen MR) is 482 cm³/mol. The molecule has 0 atom stereocenters. The van der Waals surface area contributed by atoms with Crippen LogP contribution in [0.15, 0.2) is 302 Å². The fourth-order valence-corrected chi connectivity index (χ4v) is 19.5. The highest BCUT2D eigenvalue weighted by molar-refractivity contribution is 7.00. The molecule has 0 N–H and O–H groups in total. The zero-order chi connectivity index (χ0) is 75.9. The first kappa shape index (κ1) is 66.4. The Morgan fingerprint density at radius 1 is 0.241 bits per heavy atom. The van der Waals surface area contributed by atoms with Crippen molar-refractivity contribution in [2.75, 3.05) is 9.80 Å². The summed E-state index contributed by atoms with van der Waals surface area (Å²) >= 11 is 0. The van der Waals surface area contributed by atoms with Crippen LogP contribution in [-0.2, 0) is 21.7 Å². The minimum atomic E-state index is -0.249. The molecule has 0 amide bonds. The standard InChI is InChI=1S/C106H85BN4O/c1-103(2,3)63-36-48-92-86(54-63)87-55-64(104(4,5)6)37-49-93(87)108(92)69-42-46-90-96(60-69)110(67-40-44-80-76-28-15-13-24-72(76)74-26-17-19-30-78(74)84(80)58-67)98-52-62(71-33-23-34-83-82-32-21-22-35-100(82)112-102(71)83)53-99-101(98)107(90)91-47-43-70(109-94-50-38-65(105(7,8)9)56-88(94)89-57-66(106(10,11)12)39-51-95(89)109)61-97(91)111(99)68-41-45-81-77-29-16-14-25-73(77)75-27-18-20-31-79(75)85(81)59-68/h13-61H,1-12H3. The summed E-state index contributed by atoms with van der Waals surface area (Å²) in [5.74, 6) is 0. The lowest BCUT2D eigenvalue weighted by molar-refractivity contribution is 0.590. The van der Waals surface area contributed by atoms with Gasteiger partial charge in [-0.25, -0.2) is 0 Å². The van der Waals surface area contributed by atoms with E-state index in [-0.39, 0.29) is 28.4 Å². The fraction of sp³-hybridized carbons (Fsp3) is 0.151. The minimum Gasteiger partial charge on any atom is -0.455 e. The number of benzene rings is 17. The number of fused-ring (bicyclic) bond motifs is 25. The van der Waals surface area contributed by atoms with Crippen LogP contribution in [0.4, 0.5) is 34.1 Å². The molecule has 0 aliphatic carbocycles. The Kier molecular flexibility index (Phi) is 13.9. The molecule has 0 radical (unpaired) electrons. The second-order valence-corrected chi connectivity index (χ2v) is 36.0. The summed E-state index contributed by atoms with van der Waals surface area (Å²) in [7, 11) is 0. The van der Waals surface area contributed by atoms with Gasteiger partial charge in [-0.05, 0) is 246 Å². The molecule has 0 fully saturated rings. The van der Waals surface area contributed by atoms with Crippen LogP contribution in [-0.4, -0.2) is 15.8 Å². The Morgan fingerprint density at radius 3 is 0.929 bits per heavy atom. The third-order valence-corrected chi connectivity index (χ3v) is 25.2. The summed E-state index contributed by atoms with van der Waals surface area (Å²) in [5, 5.41) is 22.0. The molecule has 2 aliphatic rings. The zero-order valence-electron chi connectivity index (χ0n) is 65.6. The molecule has 0 bridgehead atoms. The highest BCUT2D eigenvalue weighted by atomic mass is 16.3. The van der Waals surface area contributed by atoms with E-state index in [0.717, 1.165) is 78.6 Å². The zero-order valence-corrected chi connectivity index (χ0v) is 65.6. The van der Waals surface area contributed by atoms with E-state index >= 15 is 0 Å². The number of nitrogens with zero attached hydrogens (tertiary/aromatic N) is 4. The molecule has 112 heavy (non-hydrogen) atoms. The van der Waals surface area contributed by atoms with Gasteiger partial charge >= 0.3 is 0 Å². The lowest BCUT2D eigenvalue weighted by atomic mass is 9.33. The fourth-order valence-electron chi connectivity index (χ4n) is 19.5.